The number of nitrogens with zero attached hydrogens (tertiary/aromatic N) is 2. The number of rotatable bonds is 8. The van der Waals surface area contributed by atoms with Crippen molar-refractivity contribution in [2.24, 2.45) is 4.99 Å². The summed E-state index contributed by atoms with van der Waals surface area (Å²) < 4.78 is 16.6. The number of aliphatic imine (C=N–C) groups is 1. The van der Waals surface area contributed by atoms with Crippen LogP contribution in [-0.2, 0) is 13.1 Å². The SMILES string of the molecule is CCOc1c(Cl)cc(CNC(=NC)NCc2coc(-c3ccc(C)cc3)n2)cc1OC. The fraction of sp³-hybridized carbons (Fsp3) is 0.304. The number of ether oxygens (including phenoxy) is 2. The lowest BCUT2D eigenvalue weighted by molar-refractivity contribution is 0.311. The molecule has 0 aliphatic rings. The van der Waals surface area contributed by atoms with Crippen LogP contribution in [0.15, 0.2) is 52.1 Å². The van der Waals surface area contributed by atoms with Gasteiger partial charge in [-0.05, 0) is 43.7 Å². The van der Waals surface area contributed by atoms with Crippen LogP contribution in [0.1, 0.15) is 23.7 Å². The molecule has 0 atom stereocenters. The van der Waals surface area contributed by atoms with E-state index in [4.69, 9.17) is 25.5 Å². The Bertz CT molecular complexity index is 1030. The molecule has 0 aliphatic carbocycles. The molecule has 31 heavy (non-hydrogen) atoms. The average Bonchev–Trinajstić information content (AvgIpc) is 3.25. The molecule has 0 spiro atoms. The first-order valence-electron chi connectivity index (χ1n) is 9.99. The number of guanidine groups is 1. The van der Waals surface area contributed by atoms with Crippen molar-refractivity contribution in [1.82, 2.24) is 15.6 Å². The Morgan fingerprint density at radius 3 is 2.58 bits per heavy atom. The zero-order chi connectivity index (χ0) is 22.2. The molecule has 0 saturated heterocycles. The van der Waals surface area contributed by atoms with E-state index in [1.54, 1.807) is 20.4 Å². The maximum absolute atomic E-state index is 6.35. The summed E-state index contributed by atoms with van der Waals surface area (Å²) in [7, 11) is 3.30. The van der Waals surface area contributed by atoms with E-state index in [1.165, 1.54) is 5.56 Å². The molecule has 1 aromatic heterocycles. The fourth-order valence-electron chi connectivity index (χ4n) is 2.96. The number of hydrogen-bond donors (Lipinski definition) is 2. The van der Waals surface area contributed by atoms with Gasteiger partial charge in [-0.15, -0.1) is 0 Å². The molecule has 7 nitrogen and oxygen atoms in total. The van der Waals surface area contributed by atoms with E-state index < -0.39 is 0 Å². The van der Waals surface area contributed by atoms with E-state index in [-0.39, 0.29) is 0 Å². The summed E-state index contributed by atoms with van der Waals surface area (Å²) in [6.07, 6.45) is 1.65. The number of aromatic nitrogens is 1. The standard InChI is InChI=1S/C23H27ClN4O3/c1-5-30-21-19(24)10-16(11-20(21)29-4)12-26-23(25-3)27-13-18-14-31-22(28-18)17-8-6-15(2)7-9-17/h6-11,14H,5,12-13H2,1-4H3,(H2,25,26,27). The third-order valence-corrected chi connectivity index (χ3v) is 4.83. The molecule has 0 amide bonds. The Kier molecular flexibility index (Phi) is 7.78. The highest BCUT2D eigenvalue weighted by molar-refractivity contribution is 6.32. The first-order chi connectivity index (χ1) is 15.0. The summed E-state index contributed by atoms with van der Waals surface area (Å²) in [5.41, 5.74) is 3.86. The maximum Gasteiger partial charge on any atom is 0.226 e. The molecule has 3 rings (SSSR count). The molecule has 2 N–H and O–H groups in total. The molecule has 0 saturated carbocycles. The summed E-state index contributed by atoms with van der Waals surface area (Å²) in [4.78, 5) is 8.79. The van der Waals surface area contributed by atoms with Gasteiger partial charge < -0.3 is 24.5 Å². The smallest absolute Gasteiger partial charge is 0.226 e. The largest absolute Gasteiger partial charge is 0.493 e. The predicted molar refractivity (Wildman–Crippen MR) is 123 cm³/mol. The molecule has 0 aliphatic heterocycles. The number of hydrogen-bond acceptors (Lipinski definition) is 5. The Morgan fingerprint density at radius 1 is 1.16 bits per heavy atom. The molecule has 3 aromatic rings. The zero-order valence-corrected chi connectivity index (χ0v) is 18.9. The minimum Gasteiger partial charge on any atom is -0.493 e. The van der Waals surface area contributed by atoms with Gasteiger partial charge in [0.15, 0.2) is 17.5 Å². The number of halogens is 1. The van der Waals surface area contributed by atoms with Crippen LogP contribution in [0.5, 0.6) is 11.5 Å². The highest BCUT2D eigenvalue weighted by atomic mass is 35.5. The summed E-state index contributed by atoms with van der Waals surface area (Å²) in [6.45, 7) is 5.44. The number of oxazole rings is 1. The summed E-state index contributed by atoms with van der Waals surface area (Å²) in [5.74, 6) is 2.37. The normalized spacial score (nSPS) is 11.3. The molecule has 0 fully saturated rings. The van der Waals surface area contributed by atoms with Gasteiger partial charge in [-0.1, -0.05) is 29.3 Å². The van der Waals surface area contributed by atoms with E-state index in [0.717, 1.165) is 16.8 Å². The van der Waals surface area contributed by atoms with Gasteiger partial charge in [-0.3, -0.25) is 4.99 Å². The highest BCUT2D eigenvalue weighted by Gasteiger charge is 2.12. The fourth-order valence-corrected chi connectivity index (χ4v) is 3.25. The first-order valence-corrected chi connectivity index (χ1v) is 10.4. The monoisotopic (exact) mass is 442 g/mol. The van der Waals surface area contributed by atoms with Crippen LogP contribution in [0.2, 0.25) is 5.02 Å². The second-order valence-electron chi connectivity index (χ2n) is 6.83. The van der Waals surface area contributed by atoms with E-state index in [1.807, 2.05) is 50.2 Å². The van der Waals surface area contributed by atoms with Crippen LogP contribution in [0, 0.1) is 6.92 Å². The quantitative estimate of drug-likeness (QED) is 0.392. The van der Waals surface area contributed by atoms with Gasteiger partial charge in [0, 0.05) is 19.2 Å². The van der Waals surface area contributed by atoms with Gasteiger partial charge >= 0.3 is 0 Å². The van der Waals surface area contributed by atoms with Gasteiger partial charge in [0.05, 0.1) is 31.0 Å². The Balaban J connectivity index is 1.58. The molecule has 8 heteroatoms. The second-order valence-corrected chi connectivity index (χ2v) is 7.24. The Labute approximate surface area is 187 Å². The van der Waals surface area contributed by atoms with Crippen LogP contribution in [0.4, 0.5) is 0 Å². The Morgan fingerprint density at radius 2 is 1.90 bits per heavy atom. The molecule has 164 valence electrons. The van der Waals surface area contributed by atoms with Crippen LogP contribution in [0.3, 0.4) is 0 Å². The van der Waals surface area contributed by atoms with Crippen molar-refractivity contribution < 1.29 is 13.9 Å². The van der Waals surface area contributed by atoms with Crippen molar-refractivity contribution in [2.45, 2.75) is 26.9 Å². The molecule has 2 aromatic carbocycles. The van der Waals surface area contributed by atoms with Crippen LogP contribution >= 0.6 is 11.6 Å². The maximum atomic E-state index is 6.35. The molecule has 0 radical (unpaired) electrons. The number of nitrogens with one attached hydrogen (secondary N) is 2. The van der Waals surface area contributed by atoms with Crippen molar-refractivity contribution >= 4 is 17.6 Å². The van der Waals surface area contributed by atoms with Gasteiger partial charge in [-0.25, -0.2) is 4.98 Å². The lowest BCUT2D eigenvalue weighted by Crippen LogP contribution is -2.36. The van der Waals surface area contributed by atoms with E-state index in [0.29, 0.717) is 48.1 Å². The summed E-state index contributed by atoms with van der Waals surface area (Å²) in [6, 6.07) is 11.8. The third-order valence-electron chi connectivity index (χ3n) is 4.55. The third kappa shape index (κ3) is 5.92. The van der Waals surface area contributed by atoms with Crippen LogP contribution < -0.4 is 20.1 Å². The molecular weight excluding hydrogens is 416 g/mol. The second kappa shape index (κ2) is 10.7. The molecule has 1 heterocycles. The number of benzene rings is 2. The van der Waals surface area contributed by atoms with E-state index >= 15 is 0 Å². The first kappa shape index (κ1) is 22.5. The minimum atomic E-state index is 0.475. The predicted octanol–water partition coefficient (Wildman–Crippen LogP) is 4.58. The molecule has 0 bridgehead atoms. The van der Waals surface area contributed by atoms with Gasteiger partial charge in [0.25, 0.3) is 0 Å². The van der Waals surface area contributed by atoms with Crippen molar-refractivity contribution in [2.75, 3.05) is 20.8 Å². The molecule has 0 unspecified atom stereocenters. The van der Waals surface area contributed by atoms with Crippen molar-refractivity contribution in [3.63, 3.8) is 0 Å². The average molecular weight is 443 g/mol. The minimum absolute atomic E-state index is 0.475. The van der Waals surface area contributed by atoms with Gasteiger partial charge in [0.1, 0.15) is 6.26 Å². The topological polar surface area (TPSA) is 80.9 Å². The molecular formula is C23H27ClN4O3. The van der Waals surface area contributed by atoms with Crippen molar-refractivity contribution in [1.29, 1.82) is 0 Å². The Hall–Kier alpha value is -3.19. The van der Waals surface area contributed by atoms with Gasteiger partial charge in [-0.2, -0.15) is 0 Å². The summed E-state index contributed by atoms with van der Waals surface area (Å²) >= 11 is 6.35. The van der Waals surface area contributed by atoms with Crippen molar-refractivity contribution in [3.8, 4) is 23.0 Å². The van der Waals surface area contributed by atoms with Crippen LogP contribution in [0.25, 0.3) is 11.5 Å². The number of aryl methyl sites for hydroxylation is 1. The zero-order valence-electron chi connectivity index (χ0n) is 18.2. The van der Waals surface area contributed by atoms with E-state index in [2.05, 4.69) is 20.6 Å². The van der Waals surface area contributed by atoms with Gasteiger partial charge in [0.2, 0.25) is 5.89 Å². The van der Waals surface area contributed by atoms with Crippen molar-refractivity contribution in [3.05, 3.63) is 64.5 Å². The van der Waals surface area contributed by atoms with E-state index in [9.17, 15) is 0 Å². The lowest BCUT2D eigenvalue weighted by atomic mass is 10.1. The number of methoxy groups -OCH3 is 1. The summed E-state index contributed by atoms with van der Waals surface area (Å²) in [5, 5.41) is 7.00. The lowest BCUT2D eigenvalue weighted by Gasteiger charge is -2.15. The highest BCUT2D eigenvalue weighted by Crippen LogP contribution is 2.36. The van der Waals surface area contributed by atoms with Crippen LogP contribution in [-0.4, -0.2) is 31.7 Å².